The normalized spacial score (nSPS) is 20.9. The van der Waals surface area contributed by atoms with Crippen LogP contribution >= 0.6 is 0 Å². The summed E-state index contributed by atoms with van der Waals surface area (Å²) >= 11 is 0. The van der Waals surface area contributed by atoms with E-state index in [1.165, 1.54) is 0 Å². The lowest BCUT2D eigenvalue weighted by Gasteiger charge is -2.28. The standard InChI is InChI=1S/C47H48O7/c1-30-12-19-40-34-16-20-42-41(44(51)28-43(30)47(40)42)11-6-22-53-39(27-38(50)17-13-32-14-21-45(52-2)46(24-32)54-29-34)26-35-25-37(49)18-15-33(35)9-4-3-7-31-8-5-10-36(48)23-31/h5,8,10,12,14-16,18-21,23-25,28,30,33,35,39,48-49,51H,3-4,7,9,11,13,17,26-27,29H2,1-2H3/t30-,33+,35+,39-/m0/s1. The Bertz CT molecular complexity index is 2180. The Morgan fingerprint density at radius 2 is 1.83 bits per heavy atom. The number of hydrogen-bond donors (Lipinski definition) is 3. The highest BCUT2D eigenvalue weighted by Gasteiger charge is 2.27. The van der Waals surface area contributed by atoms with Gasteiger partial charge in [-0.2, -0.15) is 0 Å². The van der Waals surface area contributed by atoms with Gasteiger partial charge in [-0.15, -0.1) is 0 Å². The molecule has 7 heteroatoms. The van der Waals surface area contributed by atoms with Crippen LogP contribution in [0.5, 0.6) is 23.0 Å². The van der Waals surface area contributed by atoms with Crippen molar-refractivity contribution in [2.45, 2.75) is 83.3 Å². The van der Waals surface area contributed by atoms with Crippen molar-refractivity contribution >= 4 is 22.6 Å². The van der Waals surface area contributed by atoms with E-state index in [9.17, 15) is 20.1 Å². The molecule has 0 amide bonds. The van der Waals surface area contributed by atoms with Crippen molar-refractivity contribution in [3.63, 3.8) is 0 Å². The van der Waals surface area contributed by atoms with Gasteiger partial charge in [0.15, 0.2) is 11.5 Å². The number of allylic oxidation sites excluding steroid dienone is 4. The molecule has 2 aliphatic heterocycles. The maximum atomic E-state index is 13.6. The number of Topliss-reactive ketones (excluding diaryl/α,β-unsaturated/α-hetero) is 1. The molecular weight excluding hydrogens is 677 g/mol. The van der Waals surface area contributed by atoms with Crippen LogP contribution in [0.2, 0.25) is 0 Å². The first-order chi connectivity index (χ1) is 26.2. The molecule has 4 aromatic carbocycles. The van der Waals surface area contributed by atoms with Gasteiger partial charge in [0.05, 0.1) is 7.11 Å². The number of aliphatic hydroxyl groups excluding tert-OH is 1. The fraction of sp³-hybridized carbons (Fsp3) is 0.340. The number of fused-ring (bicyclic) bond motifs is 9. The van der Waals surface area contributed by atoms with E-state index in [1.807, 2.05) is 54.6 Å². The Balaban J connectivity index is 1.16. The Kier molecular flexibility index (Phi) is 11.3. The van der Waals surface area contributed by atoms with E-state index < -0.39 is 6.10 Å². The lowest BCUT2D eigenvalue weighted by molar-refractivity contribution is -0.121. The molecule has 2 heterocycles. The fourth-order valence-corrected chi connectivity index (χ4v) is 8.12. The first kappa shape index (κ1) is 36.7. The minimum atomic E-state index is -0.490. The second-order valence-corrected chi connectivity index (χ2v) is 14.8. The quantitative estimate of drug-likeness (QED) is 0.123. The maximum absolute atomic E-state index is 13.6. The van der Waals surface area contributed by atoms with Crippen LogP contribution in [0.1, 0.15) is 84.7 Å². The number of rotatable bonds is 8. The molecule has 8 rings (SSSR count). The number of aromatic hydroxyl groups is 2. The zero-order valence-electron chi connectivity index (χ0n) is 31.0. The maximum Gasteiger partial charge on any atom is 0.161 e. The molecule has 0 radical (unpaired) electrons. The van der Waals surface area contributed by atoms with Crippen LogP contribution in [0, 0.1) is 23.9 Å². The van der Waals surface area contributed by atoms with Gasteiger partial charge < -0.3 is 29.5 Å². The van der Waals surface area contributed by atoms with E-state index in [-0.39, 0.29) is 53.6 Å². The highest BCUT2D eigenvalue weighted by atomic mass is 16.5. The van der Waals surface area contributed by atoms with Gasteiger partial charge >= 0.3 is 0 Å². The molecule has 6 bridgehead atoms. The first-order valence-electron chi connectivity index (χ1n) is 19.1. The molecule has 0 spiro atoms. The predicted molar refractivity (Wildman–Crippen MR) is 212 cm³/mol. The summed E-state index contributed by atoms with van der Waals surface area (Å²) < 4.78 is 18.3. The van der Waals surface area contributed by atoms with E-state index in [0.717, 1.165) is 69.8 Å². The van der Waals surface area contributed by atoms with Crippen LogP contribution < -0.4 is 9.47 Å². The second kappa shape index (κ2) is 16.6. The van der Waals surface area contributed by atoms with E-state index in [4.69, 9.17) is 14.2 Å². The number of carbonyl (C=O) groups excluding carboxylic acids is 1. The molecule has 4 aliphatic rings. The van der Waals surface area contributed by atoms with E-state index in [0.29, 0.717) is 37.4 Å². The number of ketones is 1. The van der Waals surface area contributed by atoms with Crippen molar-refractivity contribution in [1.29, 1.82) is 0 Å². The van der Waals surface area contributed by atoms with Gasteiger partial charge in [-0.1, -0.05) is 67.8 Å². The lowest BCUT2D eigenvalue weighted by Crippen LogP contribution is -2.24. The number of ether oxygens (including phenoxy) is 3. The third kappa shape index (κ3) is 8.44. The number of aliphatic hydroxyl groups is 1. The number of phenols is 2. The predicted octanol–water partition coefficient (Wildman–Crippen LogP) is 9.81. The van der Waals surface area contributed by atoms with E-state index in [2.05, 4.69) is 43.2 Å². The third-order valence-electron chi connectivity index (χ3n) is 11.1. The zero-order chi connectivity index (χ0) is 37.6. The number of phenolic OH excluding ortho intramolecular Hbond substituents is 2. The lowest BCUT2D eigenvalue weighted by atomic mass is 9.80. The molecule has 2 aliphatic carbocycles. The van der Waals surface area contributed by atoms with Crippen LogP contribution in [0.15, 0.2) is 90.7 Å². The highest BCUT2D eigenvalue weighted by Crippen LogP contribution is 2.42. The molecule has 0 saturated heterocycles. The molecule has 54 heavy (non-hydrogen) atoms. The Labute approximate surface area is 317 Å². The average Bonchev–Trinajstić information content (AvgIpc) is 3.16. The van der Waals surface area contributed by atoms with Gasteiger partial charge in [0.2, 0.25) is 0 Å². The van der Waals surface area contributed by atoms with Crippen molar-refractivity contribution < 1.29 is 34.3 Å². The Morgan fingerprint density at radius 3 is 2.69 bits per heavy atom. The SMILES string of the molecule is COc1ccc2cc1OCc1ccc3c(c(O)cc4c3c1C=C[C@@H]4C)CC#CO[C@@H](C[C@H]1C=C(O)C=C[C@H]1CCCCc1cccc(O)c1)CC(=O)CC2. The smallest absolute Gasteiger partial charge is 0.161 e. The van der Waals surface area contributed by atoms with E-state index >= 15 is 0 Å². The summed E-state index contributed by atoms with van der Waals surface area (Å²) in [6.07, 6.45) is 18.0. The van der Waals surface area contributed by atoms with Crippen LogP contribution in [0.3, 0.4) is 0 Å². The summed E-state index contributed by atoms with van der Waals surface area (Å²) in [4.78, 5) is 13.6. The van der Waals surface area contributed by atoms with Crippen molar-refractivity contribution in [2.75, 3.05) is 7.11 Å². The van der Waals surface area contributed by atoms with Gasteiger partial charge in [-0.25, -0.2) is 0 Å². The molecule has 7 nitrogen and oxygen atoms in total. The first-order valence-corrected chi connectivity index (χ1v) is 19.1. The number of benzene rings is 4. The fourth-order valence-electron chi connectivity index (χ4n) is 8.12. The molecule has 3 N–H and O–H groups in total. The molecule has 0 saturated carbocycles. The van der Waals surface area contributed by atoms with Gasteiger partial charge in [0.1, 0.15) is 41.9 Å². The molecule has 0 aromatic heterocycles. The number of carbonyl (C=O) groups is 1. The number of methoxy groups -OCH3 is 1. The van der Waals surface area contributed by atoms with Crippen molar-refractivity contribution in [2.24, 2.45) is 11.8 Å². The Hall–Kier alpha value is -5.61. The van der Waals surface area contributed by atoms with Crippen LogP contribution in [-0.4, -0.2) is 34.3 Å². The summed E-state index contributed by atoms with van der Waals surface area (Å²) in [6, 6.07) is 19.2. The minimum Gasteiger partial charge on any atom is -0.508 e. The second-order valence-electron chi connectivity index (χ2n) is 14.8. The van der Waals surface area contributed by atoms with Gasteiger partial charge in [-0.3, -0.25) is 4.79 Å². The topological polar surface area (TPSA) is 105 Å². The third-order valence-corrected chi connectivity index (χ3v) is 11.1. The monoisotopic (exact) mass is 724 g/mol. The summed E-state index contributed by atoms with van der Waals surface area (Å²) in [6.45, 7) is 2.45. The molecule has 4 aromatic rings. The summed E-state index contributed by atoms with van der Waals surface area (Å²) in [5.74, 6) is 5.43. The highest BCUT2D eigenvalue weighted by molar-refractivity contribution is 6.00. The molecular formula is C47H48O7. The minimum absolute atomic E-state index is 0.0352. The van der Waals surface area contributed by atoms with Crippen molar-refractivity contribution in [3.8, 4) is 35.0 Å². The molecule has 4 atom stereocenters. The summed E-state index contributed by atoms with van der Waals surface area (Å²) in [5.41, 5.74) is 5.96. The van der Waals surface area contributed by atoms with Crippen LogP contribution in [0.4, 0.5) is 0 Å². The Morgan fingerprint density at radius 1 is 0.944 bits per heavy atom. The number of aryl methyl sites for hydroxylation is 2. The van der Waals surface area contributed by atoms with Gasteiger partial charge in [0.25, 0.3) is 0 Å². The van der Waals surface area contributed by atoms with Crippen molar-refractivity contribution in [1.82, 2.24) is 0 Å². The largest absolute Gasteiger partial charge is 0.508 e. The molecule has 278 valence electrons. The molecule has 0 unspecified atom stereocenters. The van der Waals surface area contributed by atoms with Crippen LogP contribution in [-0.2, 0) is 35.4 Å². The van der Waals surface area contributed by atoms with E-state index in [1.54, 1.807) is 19.3 Å². The van der Waals surface area contributed by atoms with Crippen molar-refractivity contribution in [3.05, 3.63) is 124 Å². The van der Waals surface area contributed by atoms with Gasteiger partial charge in [-0.05, 0) is 125 Å². The zero-order valence-corrected chi connectivity index (χ0v) is 31.0. The van der Waals surface area contributed by atoms with Crippen LogP contribution in [0.25, 0.3) is 16.8 Å². The number of hydrogen-bond acceptors (Lipinski definition) is 7. The average molecular weight is 725 g/mol. The number of unbranched alkanes of at least 4 members (excludes halogenated alkanes) is 1. The summed E-state index contributed by atoms with van der Waals surface area (Å²) in [5, 5.41) is 33.7. The molecule has 0 fully saturated rings. The summed E-state index contributed by atoms with van der Waals surface area (Å²) in [7, 11) is 1.62. The van der Waals surface area contributed by atoms with Gasteiger partial charge in [0, 0.05) is 30.7 Å².